The van der Waals surface area contributed by atoms with Crippen LogP contribution >= 0.6 is 0 Å². The van der Waals surface area contributed by atoms with Crippen molar-refractivity contribution >= 4 is 17.5 Å². The van der Waals surface area contributed by atoms with E-state index >= 15 is 0 Å². The highest BCUT2D eigenvalue weighted by Gasteiger charge is 2.28. The van der Waals surface area contributed by atoms with Crippen LogP contribution in [0, 0.1) is 6.92 Å². The Morgan fingerprint density at radius 3 is 2.59 bits per heavy atom. The van der Waals surface area contributed by atoms with E-state index in [4.69, 9.17) is 9.72 Å². The number of ether oxygens (including phenoxy) is 1. The molecule has 1 aliphatic heterocycles. The minimum atomic E-state index is -1.15. The summed E-state index contributed by atoms with van der Waals surface area (Å²) in [5.41, 5.74) is 7.25. The molecule has 0 radical (unpaired) electrons. The summed E-state index contributed by atoms with van der Waals surface area (Å²) >= 11 is 0. The Balaban J connectivity index is 1.17. The van der Waals surface area contributed by atoms with Gasteiger partial charge in [-0.15, -0.1) is 0 Å². The van der Waals surface area contributed by atoms with Gasteiger partial charge in [-0.1, -0.05) is 0 Å². The number of aromatic amines is 1. The molecule has 0 amide bonds. The van der Waals surface area contributed by atoms with Crippen molar-refractivity contribution in [2.45, 2.75) is 45.3 Å². The molecule has 4 aromatic rings. The van der Waals surface area contributed by atoms with Crippen molar-refractivity contribution in [2.75, 3.05) is 25.1 Å². The number of nitrogens with one attached hydrogen (secondary N) is 1. The maximum absolute atomic E-state index is 13.6. The number of fused-ring (bicyclic) bond motifs is 1. The lowest BCUT2D eigenvalue weighted by Gasteiger charge is -2.32. The average molecular weight is 500 g/mol. The number of aryl methyl sites for hydroxylation is 1. The van der Waals surface area contributed by atoms with Gasteiger partial charge in [0, 0.05) is 54.0 Å². The molecule has 8 nitrogen and oxygen atoms in total. The van der Waals surface area contributed by atoms with Crippen LogP contribution in [0.15, 0.2) is 43.0 Å². The van der Waals surface area contributed by atoms with Gasteiger partial charge in [-0.25, -0.2) is 24.0 Å². The van der Waals surface area contributed by atoms with E-state index in [0.717, 1.165) is 82.7 Å². The van der Waals surface area contributed by atoms with E-state index in [9.17, 15) is 4.39 Å². The van der Waals surface area contributed by atoms with Crippen LogP contribution in [0.25, 0.3) is 22.9 Å². The lowest BCUT2D eigenvalue weighted by atomic mass is 9.96. The molecular formula is C28H30FN7O. The van der Waals surface area contributed by atoms with Crippen LogP contribution in [-0.4, -0.2) is 49.9 Å². The first kappa shape index (κ1) is 23.4. The predicted molar refractivity (Wildman–Crippen MR) is 141 cm³/mol. The number of hydrogen-bond acceptors (Lipinski definition) is 6. The van der Waals surface area contributed by atoms with E-state index in [1.165, 1.54) is 11.6 Å². The van der Waals surface area contributed by atoms with Crippen LogP contribution < -0.4 is 9.64 Å². The second-order valence-corrected chi connectivity index (χ2v) is 9.77. The van der Waals surface area contributed by atoms with Gasteiger partial charge >= 0.3 is 0 Å². The summed E-state index contributed by atoms with van der Waals surface area (Å²) in [6, 6.07) is 8.04. The molecule has 1 unspecified atom stereocenters. The molecule has 6 rings (SSSR count). The quantitative estimate of drug-likeness (QED) is 0.385. The third kappa shape index (κ3) is 4.39. The highest BCUT2D eigenvalue weighted by Crippen LogP contribution is 2.37. The summed E-state index contributed by atoms with van der Waals surface area (Å²) in [5.74, 6) is 3.24. The fraction of sp³-hybridized carbons (Fsp3) is 0.357. The fourth-order valence-corrected chi connectivity index (χ4v) is 5.32. The summed E-state index contributed by atoms with van der Waals surface area (Å²) in [6.45, 7) is 5.35. The van der Waals surface area contributed by atoms with Gasteiger partial charge in [0.15, 0.2) is 6.30 Å². The maximum atomic E-state index is 13.6. The van der Waals surface area contributed by atoms with Crippen LogP contribution in [-0.2, 0) is 6.42 Å². The normalized spacial score (nSPS) is 16.5. The van der Waals surface area contributed by atoms with Gasteiger partial charge in [0.05, 0.1) is 24.7 Å². The van der Waals surface area contributed by atoms with Crippen LogP contribution in [0.5, 0.6) is 5.75 Å². The lowest BCUT2D eigenvalue weighted by molar-refractivity contribution is 0.245. The van der Waals surface area contributed by atoms with Crippen molar-refractivity contribution in [2.24, 2.45) is 0 Å². The second kappa shape index (κ2) is 9.46. The minimum absolute atomic E-state index is 0.372. The number of benzene rings is 1. The largest absolute Gasteiger partial charge is 0.497 e. The zero-order valence-corrected chi connectivity index (χ0v) is 21.3. The molecule has 0 spiro atoms. The Morgan fingerprint density at radius 1 is 1.11 bits per heavy atom. The topological polar surface area (TPSA) is 84.8 Å². The zero-order chi connectivity index (χ0) is 25.5. The smallest absolute Gasteiger partial charge is 0.188 e. The number of nitrogens with zero attached hydrogens (tertiary/aromatic N) is 6. The van der Waals surface area contributed by atoms with Crippen LogP contribution in [0.2, 0.25) is 0 Å². The number of rotatable bonds is 6. The molecule has 1 fully saturated rings. The first-order valence-corrected chi connectivity index (χ1v) is 12.7. The van der Waals surface area contributed by atoms with Gasteiger partial charge in [-0.3, -0.25) is 0 Å². The average Bonchev–Trinajstić information content (AvgIpc) is 3.67. The molecule has 1 aliphatic carbocycles. The Labute approximate surface area is 215 Å². The summed E-state index contributed by atoms with van der Waals surface area (Å²) in [6.07, 6.45) is 8.80. The van der Waals surface area contributed by atoms with Gasteiger partial charge in [-0.2, -0.15) is 5.10 Å². The summed E-state index contributed by atoms with van der Waals surface area (Å²) in [4.78, 5) is 20.1. The molecule has 9 heteroatoms. The van der Waals surface area contributed by atoms with E-state index < -0.39 is 6.30 Å². The minimum Gasteiger partial charge on any atom is -0.497 e. The van der Waals surface area contributed by atoms with Gasteiger partial charge in [-0.05, 0) is 62.6 Å². The van der Waals surface area contributed by atoms with E-state index in [2.05, 4.69) is 50.1 Å². The van der Waals surface area contributed by atoms with Crippen molar-refractivity contribution in [3.63, 3.8) is 0 Å². The predicted octanol–water partition coefficient (Wildman–Crippen LogP) is 5.35. The first-order valence-electron chi connectivity index (χ1n) is 12.7. The lowest BCUT2D eigenvalue weighted by Crippen LogP contribution is -2.34. The second-order valence-electron chi connectivity index (χ2n) is 9.77. The number of methoxy groups -OCH3 is 1. The Morgan fingerprint density at radius 2 is 1.89 bits per heavy atom. The molecule has 3 aromatic heterocycles. The Kier molecular flexibility index (Phi) is 5.98. The highest BCUT2D eigenvalue weighted by atomic mass is 19.1. The van der Waals surface area contributed by atoms with E-state index in [-0.39, 0.29) is 0 Å². The SMILES string of the molecule is COc1ccc(-c2nc(C3CCN(c4ncnc5c4C=C(c4cnn(C(C)F)c4)C5)CC3)[nH]c2C)cc1. The number of imidazole rings is 1. The van der Waals surface area contributed by atoms with Gasteiger partial charge in [0.2, 0.25) is 0 Å². The van der Waals surface area contributed by atoms with Crippen LogP contribution in [0.3, 0.4) is 0 Å². The molecule has 4 heterocycles. The molecule has 1 aromatic carbocycles. The molecule has 1 saturated heterocycles. The first-order chi connectivity index (χ1) is 18.0. The number of anilines is 1. The van der Waals surface area contributed by atoms with Crippen LogP contribution in [0.4, 0.5) is 10.2 Å². The molecule has 1 N–H and O–H groups in total. The maximum Gasteiger partial charge on any atom is 0.188 e. The molecule has 2 aliphatic rings. The number of H-pyrrole nitrogens is 1. The van der Waals surface area contributed by atoms with Crippen molar-refractivity contribution in [1.82, 2.24) is 29.7 Å². The van der Waals surface area contributed by atoms with Crippen molar-refractivity contribution < 1.29 is 9.13 Å². The zero-order valence-electron chi connectivity index (χ0n) is 21.3. The number of alkyl halides is 1. The van der Waals surface area contributed by atoms with E-state index in [1.807, 2.05) is 12.1 Å². The van der Waals surface area contributed by atoms with Gasteiger partial charge in [0.1, 0.15) is 23.7 Å². The molecule has 1 atom stereocenters. The number of halogens is 1. The fourth-order valence-electron chi connectivity index (χ4n) is 5.32. The number of piperidine rings is 1. The summed E-state index contributed by atoms with van der Waals surface area (Å²) < 4.78 is 20.3. The van der Waals surface area contributed by atoms with Crippen molar-refractivity contribution in [1.29, 1.82) is 0 Å². The van der Waals surface area contributed by atoms with Crippen molar-refractivity contribution in [3.8, 4) is 17.0 Å². The van der Waals surface area contributed by atoms with Gasteiger partial charge in [0.25, 0.3) is 0 Å². The number of hydrogen-bond donors (Lipinski definition) is 1. The standard InChI is InChI=1S/C28H30FN7O/c1-17-26(19-4-6-23(37-3)7-5-19)34-27(33-17)20-8-10-35(11-9-20)28-24-12-21(13-25(24)30-16-31-28)22-14-32-36(15-22)18(2)29/h4-7,12,14-16,18,20H,8-11,13H2,1-3H3,(H,33,34). The number of aromatic nitrogens is 6. The molecule has 0 bridgehead atoms. The third-order valence-corrected chi connectivity index (χ3v) is 7.41. The molecular weight excluding hydrogens is 469 g/mol. The Hall–Kier alpha value is -4.01. The van der Waals surface area contributed by atoms with E-state index in [0.29, 0.717) is 12.3 Å². The molecule has 37 heavy (non-hydrogen) atoms. The summed E-state index contributed by atoms with van der Waals surface area (Å²) in [5, 5.41) is 4.15. The monoisotopic (exact) mass is 499 g/mol. The summed E-state index contributed by atoms with van der Waals surface area (Å²) in [7, 11) is 1.67. The Bertz CT molecular complexity index is 1450. The highest BCUT2D eigenvalue weighted by molar-refractivity contribution is 5.90. The number of allylic oxidation sites excluding steroid dienone is 1. The molecule has 0 saturated carbocycles. The van der Waals surface area contributed by atoms with Crippen molar-refractivity contribution in [3.05, 3.63) is 71.3 Å². The van der Waals surface area contributed by atoms with Gasteiger partial charge < -0.3 is 14.6 Å². The van der Waals surface area contributed by atoms with E-state index in [1.54, 1.807) is 25.8 Å². The third-order valence-electron chi connectivity index (χ3n) is 7.41. The molecule has 190 valence electrons. The van der Waals surface area contributed by atoms with Crippen LogP contribution in [0.1, 0.15) is 60.3 Å².